The Morgan fingerprint density at radius 2 is 1.96 bits per heavy atom. The first kappa shape index (κ1) is 18.6. The first-order valence-corrected chi connectivity index (χ1v) is 10.4. The Morgan fingerprint density at radius 3 is 2.75 bits per heavy atom. The Kier molecular flexibility index (Phi) is 5.36. The van der Waals surface area contributed by atoms with Gasteiger partial charge in [-0.2, -0.15) is 0 Å². The van der Waals surface area contributed by atoms with Gasteiger partial charge in [-0.15, -0.1) is 10.2 Å². The molecule has 0 radical (unpaired) electrons. The van der Waals surface area contributed by atoms with E-state index < -0.39 is 0 Å². The summed E-state index contributed by atoms with van der Waals surface area (Å²) in [5.74, 6) is 0.0808. The first-order chi connectivity index (χ1) is 13.7. The molecule has 2 heterocycles. The molecule has 0 aliphatic carbocycles. The number of halogens is 1. The van der Waals surface area contributed by atoms with Crippen molar-refractivity contribution < 1.29 is 9.18 Å². The molecule has 4 rings (SSSR count). The normalized spacial score (nSPS) is 11.1. The van der Waals surface area contributed by atoms with Gasteiger partial charge >= 0.3 is 0 Å². The van der Waals surface area contributed by atoms with E-state index in [1.54, 1.807) is 22.8 Å². The zero-order valence-corrected chi connectivity index (χ0v) is 16.6. The van der Waals surface area contributed by atoms with E-state index in [-0.39, 0.29) is 17.5 Å². The lowest BCUT2D eigenvalue weighted by Gasteiger charge is -2.07. The van der Waals surface area contributed by atoms with E-state index in [4.69, 9.17) is 0 Å². The van der Waals surface area contributed by atoms with Crippen LogP contribution in [0.3, 0.4) is 0 Å². The van der Waals surface area contributed by atoms with Gasteiger partial charge in [0.15, 0.2) is 16.1 Å². The van der Waals surface area contributed by atoms with Gasteiger partial charge in [0, 0.05) is 6.54 Å². The number of amides is 1. The topological polar surface area (TPSA) is 72.7 Å². The monoisotopic (exact) mass is 413 g/mol. The maximum atomic E-state index is 14.1. The fraction of sp³-hybridized carbons (Fsp3) is 0.158. The Labute approximate surface area is 168 Å². The number of hydrogen-bond acceptors (Lipinski definition) is 6. The number of hydrogen-bond donors (Lipinski definition) is 1. The molecule has 28 heavy (non-hydrogen) atoms. The van der Waals surface area contributed by atoms with Gasteiger partial charge in [-0.3, -0.25) is 4.79 Å². The second kappa shape index (κ2) is 8.07. The molecule has 9 heteroatoms. The summed E-state index contributed by atoms with van der Waals surface area (Å²) in [7, 11) is 0. The molecule has 0 aliphatic heterocycles. The summed E-state index contributed by atoms with van der Waals surface area (Å²) in [4.78, 5) is 16.7. The lowest BCUT2D eigenvalue weighted by Crippen LogP contribution is -2.14. The molecule has 0 atom stereocenters. The summed E-state index contributed by atoms with van der Waals surface area (Å²) < 4.78 is 16.9. The molecule has 2 aromatic heterocycles. The fourth-order valence-electron chi connectivity index (χ4n) is 2.73. The molecule has 142 valence electrons. The largest absolute Gasteiger partial charge is 0.302 e. The number of thioether (sulfide) groups is 1. The summed E-state index contributed by atoms with van der Waals surface area (Å²) in [6.45, 7) is 2.50. The molecule has 0 saturated heterocycles. The quantitative estimate of drug-likeness (QED) is 0.473. The molecular formula is C19H16FN5OS2. The van der Waals surface area contributed by atoms with E-state index in [9.17, 15) is 9.18 Å². The lowest BCUT2D eigenvalue weighted by atomic mass is 10.2. The van der Waals surface area contributed by atoms with Crippen molar-refractivity contribution in [1.29, 1.82) is 0 Å². The zero-order valence-electron chi connectivity index (χ0n) is 14.9. The van der Waals surface area contributed by atoms with Gasteiger partial charge in [-0.25, -0.2) is 9.37 Å². The number of benzene rings is 2. The van der Waals surface area contributed by atoms with Crippen molar-refractivity contribution >= 4 is 44.4 Å². The smallest absolute Gasteiger partial charge is 0.236 e. The maximum Gasteiger partial charge on any atom is 0.236 e. The number of rotatable bonds is 6. The number of carbonyl (C=O) groups excluding carboxylic acids is 1. The lowest BCUT2D eigenvalue weighted by molar-refractivity contribution is -0.113. The highest BCUT2D eigenvalue weighted by Gasteiger charge is 2.17. The molecule has 0 aliphatic rings. The third-order valence-electron chi connectivity index (χ3n) is 4.02. The number of carbonyl (C=O) groups is 1. The number of aromatic nitrogens is 4. The molecule has 1 amide bonds. The standard InChI is InChI=1S/C19H16FN5OS2/c1-2-25-17(12-7-3-4-8-13(12)20)23-24-19(25)27-11-16(26)22-18-21-14-9-5-6-10-15(14)28-18/h3-10H,2,11H2,1H3,(H,21,22,26). The van der Waals surface area contributed by atoms with Crippen LogP contribution in [0.4, 0.5) is 9.52 Å². The van der Waals surface area contributed by atoms with Gasteiger partial charge in [0.05, 0.1) is 21.5 Å². The second-order valence-electron chi connectivity index (χ2n) is 5.85. The van der Waals surface area contributed by atoms with Crippen LogP contribution in [0.25, 0.3) is 21.6 Å². The summed E-state index contributed by atoms with van der Waals surface area (Å²) in [5, 5.41) is 12.2. The predicted molar refractivity (Wildman–Crippen MR) is 110 cm³/mol. The van der Waals surface area contributed by atoms with E-state index in [1.807, 2.05) is 31.2 Å². The minimum atomic E-state index is -0.352. The van der Waals surface area contributed by atoms with Gasteiger partial charge in [0.2, 0.25) is 5.91 Å². The van der Waals surface area contributed by atoms with Gasteiger partial charge in [0.1, 0.15) is 5.82 Å². The van der Waals surface area contributed by atoms with Crippen molar-refractivity contribution in [3.05, 3.63) is 54.3 Å². The summed E-state index contributed by atoms with van der Waals surface area (Å²) in [5.41, 5.74) is 1.25. The van der Waals surface area contributed by atoms with Gasteiger partial charge < -0.3 is 9.88 Å². The minimum absolute atomic E-state index is 0.158. The number of thiazole rings is 1. The number of nitrogens with zero attached hydrogens (tertiary/aromatic N) is 4. The molecule has 0 bridgehead atoms. The number of anilines is 1. The highest BCUT2D eigenvalue weighted by Crippen LogP contribution is 2.27. The number of para-hydroxylation sites is 1. The van der Waals surface area contributed by atoms with E-state index in [2.05, 4.69) is 20.5 Å². The molecule has 2 aromatic carbocycles. The van der Waals surface area contributed by atoms with E-state index in [1.165, 1.54) is 29.2 Å². The fourth-order valence-corrected chi connectivity index (χ4v) is 4.42. The first-order valence-electron chi connectivity index (χ1n) is 8.62. The molecule has 1 N–H and O–H groups in total. The third kappa shape index (κ3) is 3.76. The Balaban J connectivity index is 1.46. The maximum absolute atomic E-state index is 14.1. The van der Waals surface area contributed by atoms with Crippen molar-refractivity contribution in [2.45, 2.75) is 18.6 Å². The summed E-state index contributed by atoms with van der Waals surface area (Å²) in [6.07, 6.45) is 0. The van der Waals surface area contributed by atoms with E-state index in [0.29, 0.717) is 28.2 Å². The van der Waals surface area contributed by atoms with Crippen LogP contribution in [-0.2, 0) is 11.3 Å². The van der Waals surface area contributed by atoms with Crippen LogP contribution in [0.5, 0.6) is 0 Å². The molecule has 0 saturated carbocycles. The van der Waals surface area contributed by atoms with Crippen molar-refractivity contribution in [1.82, 2.24) is 19.7 Å². The van der Waals surface area contributed by atoms with Crippen LogP contribution in [0.15, 0.2) is 53.7 Å². The SMILES string of the molecule is CCn1c(SCC(=O)Nc2nc3ccccc3s2)nnc1-c1ccccc1F. The van der Waals surface area contributed by atoms with E-state index >= 15 is 0 Å². The average Bonchev–Trinajstić information content (AvgIpc) is 3.29. The van der Waals surface area contributed by atoms with Crippen LogP contribution in [-0.4, -0.2) is 31.4 Å². The van der Waals surface area contributed by atoms with Crippen LogP contribution in [0.2, 0.25) is 0 Å². The highest BCUT2D eigenvalue weighted by atomic mass is 32.2. The second-order valence-corrected chi connectivity index (χ2v) is 7.83. The molecule has 0 spiro atoms. The van der Waals surface area contributed by atoms with Crippen LogP contribution in [0, 0.1) is 5.82 Å². The summed E-state index contributed by atoms with van der Waals surface area (Å²) in [6, 6.07) is 14.2. The average molecular weight is 414 g/mol. The van der Waals surface area contributed by atoms with Crippen molar-refractivity contribution in [2.24, 2.45) is 0 Å². The van der Waals surface area contributed by atoms with Gasteiger partial charge in [0.25, 0.3) is 0 Å². The van der Waals surface area contributed by atoms with E-state index in [0.717, 1.165) is 10.2 Å². The van der Waals surface area contributed by atoms with Crippen molar-refractivity contribution in [3.63, 3.8) is 0 Å². The Hall–Kier alpha value is -2.78. The van der Waals surface area contributed by atoms with Crippen LogP contribution >= 0.6 is 23.1 Å². The molecule has 0 fully saturated rings. The van der Waals surface area contributed by atoms with Gasteiger partial charge in [-0.05, 0) is 31.2 Å². The number of fused-ring (bicyclic) bond motifs is 1. The Bertz CT molecular complexity index is 1110. The molecular weight excluding hydrogens is 397 g/mol. The summed E-state index contributed by atoms with van der Waals surface area (Å²) >= 11 is 2.69. The number of nitrogens with one attached hydrogen (secondary N) is 1. The zero-order chi connectivity index (χ0) is 19.5. The third-order valence-corrected chi connectivity index (χ3v) is 5.94. The highest BCUT2D eigenvalue weighted by molar-refractivity contribution is 7.99. The van der Waals surface area contributed by atoms with Crippen LogP contribution in [0.1, 0.15) is 6.92 Å². The van der Waals surface area contributed by atoms with Crippen molar-refractivity contribution in [3.8, 4) is 11.4 Å². The molecule has 6 nitrogen and oxygen atoms in total. The minimum Gasteiger partial charge on any atom is -0.302 e. The van der Waals surface area contributed by atoms with Crippen molar-refractivity contribution in [2.75, 3.05) is 11.1 Å². The van der Waals surface area contributed by atoms with Crippen LogP contribution < -0.4 is 5.32 Å². The van der Waals surface area contributed by atoms with Gasteiger partial charge in [-0.1, -0.05) is 47.4 Å². The molecule has 4 aromatic rings. The Morgan fingerprint density at radius 1 is 1.18 bits per heavy atom. The predicted octanol–water partition coefficient (Wildman–Crippen LogP) is 4.44. The molecule has 0 unspecified atom stereocenters.